The van der Waals surface area contributed by atoms with Crippen LogP contribution >= 0.6 is 11.8 Å². The van der Waals surface area contributed by atoms with Gasteiger partial charge in [0, 0.05) is 5.75 Å². The molecule has 0 N–H and O–H groups in total. The molecule has 2 atom stereocenters. The molecule has 0 aromatic heterocycles. The Morgan fingerprint density at radius 2 is 1.59 bits per heavy atom. The maximum absolute atomic E-state index is 7.02. The molecule has 0 spiro atoms. The molecular weight excluding hydrogens is 364 g/mol. The smallest absolute Gasteiger partial charge is 0.192 e. The van der Waals surface area contributed by atoms with E-state index >= 15 is 0 Å². The Bertz CT molecular complexity index is 716. The molecule has 0 saturated carbocycles. The van der Waals surface area contributed by atoms with Crippen molar-refractivity contribution in [2.45, 2.75) is 57.2 Å². The highest BCUT2D eigenvalue weighted by atomic mass is 32.2. The lowest BCUT2D eigenvalue weighted by Gasteiger charge is -2.41. The minimum atomic E-state index is -1.94. The van der Waals surface area contributed by atoms with Gasteiger partial charge in [-0.05, 0) is 36.2 Å². The molecule has 0 aliphatic heterocycles. The molecule has 2 aromatic carbocycles. The Morgan fingerprint density at radius 3 is 2.11 bits per heavy atom. The van der Waals surface area contributed by atoms with Crippen LogP contribution in [-0.2, 0) is 4.43 Å². The predicted molar refractivity (Wildman–Crippen MR) is 124 cm³/mol. The molecule has 0 aliphatic rings. The molecule has 0 unspecified atom stereocenters. The maximum atomic E-state index is 7.02. The van der Waals surface area contributed by atoms with Crippen molar-refractivity contribution < 1.29 is 4.43 Å². The summed E-state index contributed by atoms with van der Waals surface area (Å²) in [5.74, 6) is 0.905. The third kappa shape index (κ3) is 5.84. The molecule has 0 bridgehead atoms. The van der Waals surface area contributed by atoms with E-state index in [0.29, 0.717) is 0 Å². The summed E-state index contributed by atoms with van der Waals surface area (Å²) in [7, 11) is -1.94. The number of thioether (sulfide) groups is 1. The standard InChI is InChI=1S/C24H34OSSi/c1-8-18-26-23(21-16-14-19(2)15-17-21)22(20-12-10-9-11-13-20)25-27(6,7)24(3,4)5/h8-17,22-23H,1,18H2,2-7H3/t22-,23+/m1/s1. The van der Waals surface area contributed by atoms with Crippen LogP contribution in [0.25, 0.3) is 0 Å². The average Bonchev–Trinajstić information content (AvgIpc) is 2.62. The van der Waals surface area contributed by atoms with Crippen molar-refractivity contribution in [1.29, 1.82) is 0 Å². The third-order valence-corrected chi connectivity index (χ3v) is 11.2. The minimum Gasteiger partial charge on any atom is -0.408 e. The van der Waals surface area contributed by atoms with Crippen molar-refractivity contribution in [2.24, 2.45) is 0 Å². The summed E-state index contributed by atoms with van der Waals surface area (Å²) < 4.78 is 7.02. The lowest BCUT2D eigenvalue weighted by Crippen LogP contribution is -2.42. The van der Waals surface area contributed by atoms with Crippen molar-refractivity contribution in [2.75, 3.05) is 5.75 Å². The fourth-order valence-electron chi connectivity index (χ4n) is 2.73. The zero-order valence-corrected chi connectivity index (χ0v) is 19.5. The summed E-state index contributed by atoms with van der Waals surface area (Å²) >= 11 is 1.91. The van der Waals surface area contributed by atoms with Crippen molar-refractivity contribution in [3.8, 4) is 0 Å². The van der Waals surface area contributed by atoms with E-state index in [4.69, 9.17) is 4.43 Å². The van der Waals surface area contributed by atoms with Crippen LogP contribution in [0.3, 0.4) is 0 Å². The highest BCUT2D eigenvalue weighted by Gasteiger charge is 2.41. The largest absolute Gasteiger partial charge is 0.408 e. The van der Waals surface area contributed by atoms with Crippen LogP contribution < -0.4 is 0 Å². The Hall–Kier alpha value is -1.29. The van der Waals surface area contributed by atoms with Crippen LogP contribution in [0.1, 0.15) is 48.8 Å². The summed E-state index contributed by atoms with van der Waals surface area (Å²) in [6.45, 7) is 17.7. The van der Waals surface area contributed by atoms with Gasteiger partial charge in [-0.15, -0.1) is 18.3 Å². The Balaban J connectivity index is 2.49. The second-order valence-electron chi connectivity index (χ2n) is 8.66. The molecule has 0 radical (unpaired) electrons. The van der Waals surface area contributed by atoms with Crippen molar-refractivity contribution in [3.05, 3.63) is 83.9 Å². The summed E-state index contributed by atoms with van der Waals surface area (Å²) in [5, 5.41) is 0.404. The van der Waals surface area contributed by atoms with Gasteiger partial charge in [0.2, 0.25) is 0 Å². The van der Waals surface area contributed by atoms with Crippen LogP contribution in [0.15, 0.2) is 67.3 Å². The van der Waals surface area contributed by atoms with E-state index in [1.165, 1.54) is 16.7 Å². The molecule has 0 aliphatic carbocycles. The number of hydrogen-bond donors (Lipinski definition) is 0. The van der Waals surface area contributed by atoms with E-state index in [2.05, 4.69) is 102 Å². The summed E-state index contributed by atoms with van der Waals surface area (Å²) in [6, 6.07) is 19.6. The molecule has 3 heteroatoms. The molecule has 0 amide bonds. The fraction of sp³-hybridized carbons (Fsp3) is 0.417. The fourth-order valence-corrected chi connectivity index (χ4v) is 5.17. The lowest BCUT2D eigenvalue weighted by atomic mass is 10.00. The van der Waals surface area contributed by atoms with Crippen molar-refractivity contribution in [1.82, 2.24) is 0 Å². The lowest BCUT2D eigenvalue weighted by molar-refractivity contribution is 0.180. The molecule has 1 nitrogen and oxygen atoms in total. The molecule has 0 saturated heterocycles. The van der Waals surface area contributed by atoms with Gasteiger partial charge in [0.1, 0.15) is 0 Å². The summed E-state index contributed by atoms with van der Waals surface area (Å²) in [4.78, 5) is 0. The van der Waals surface area contributed by atoms with Gasteiger partial charge in [-0.3, -0.25) is 0 Å². The van der Waals surface area contributed by atoms with Crippen LogP contribution in [0.5, 0.6) is 0 Å². The number of hydrogen-bond acceptors (Lipinski definition) is 2. The van der Waals surface area contributed by atoms with E-state index < -0.39 is 8.32 Å². The van der Waals surface area contributed by atoms with Gasteiger partial charge in [-0.25, -0.2) is 0 Å². The van der Waals surface area contributed by atoms with Gasteiger partial charge in [0.05, 0.1) is 11.4 Å². The molecule has 2 rings (SSSR count). The minimum absolute atomic E-state index is 0.0275. The second kappa shape index (κ2) is 9.27. The van der Waals surface area contributed by atoms with Crippen LogP contribution in [0.2, 0.25) is 18.1 Å². The number of benzene rings is 2. The summed E-state index contributed by atoms with van der Waals surface area (Å²) in [6.07, 6.45) is 2.01. The van der Waals surface area contributed by atoms with Gasteiger partial charge in [-0.2, -0.15) is 0 Å². The first kappa shape index (κ1) is 22.0. The third-order valence-electron chi connectivity index (χ3n) is 5.43. The van der Waals surface area contributed by atoms with Crippen molar-refractivity contribution >= 4 is 20.1 Å². The Kier molecular flexibility index (Phi) is 7.55. The second-order valence-corrected chi connectivity index (χ2v) is 14.6. The monoisotopic (exact) mass is 398 g/mol. The normalized spacial score (nSPS) is 14.6. The van der Waals surface area contributed by atoms with Crippen LogP contribution in [0.4, 0.5) is 0 Å². The van der Waals surface area contributed by atoms with Gasteiger partial charge >= 0.3 is 0 Å². The van der Waals surface area contributed by atoms with Crippen molar-refractivity contribution in [3.63, 3.8) is 0 Å². The molecule has 27 heavy (non-hydrogen) atoms. The van der Waals surface area contributed by atoms with Crippen LogP contribution in [-0.4, -0.2) is 14.1 Å². The number of aryl methyl sites for hydroxylation is 1. The Morgan fingerprint density at radius 1 is 1.00 bits per heavy atom. The van der Waals surface area contributed by atoms with E-state index in [9.17, 15) is 0 Å². The van der Waals surface area contributed by atoms with Gasteiger partial charge < -0.3 is 4.43 Å². The van der Waals surface area contributed by atoms with E-state index in [1.807, 2.05) is 17.8 Å². The van der Waals surface area contributed by atoms with E-state index in [-0.39, 0.29) is 16.4 Å². The first-order chi connectivity index (χ1) is 12.7. The number of rotatable bonds is 8. The highest BCUT2D eigenvalue weighted by molar-refractivity contribution is 7.99. The molecule has 0 fully saturated rings. The first-order valence-electron chi connectivity index (χ1n) is 9.67. The summed E-state index contributed by atoms with van der Waals surface area (Å²) in [5.41, 5.74) is 3.86. The molecular formula is C24H34OSSi. The Labute approximate surface area is 171 Å². The molecule has 0 heterocycles. The first-order valence-corrected chi connectivity index (χ1v) is 13.6. The van der Waals surface area contributed by atoms with E-state index in [0.717, 1.165) is 5.75 Å². The zero-order chi connectivity index (χ0) is 20.1. The SMILES string of the molecule is C=CCS[C@@H](c1ccc(C)cc1)[C@H](O[Si](C)(C)C(C)(C)C)c1ccccc1. The quantitative estimate of drug-likeness (QED) is 0.332. The average molecular weight is 399 g/mol. The molecule has 146 valence electrons. The topological polar surface area (TPSA) is 9.23 Å². The van der Waals surface area contributed by atoms with Gasteiger partial charge in [-0.1, -0.05) is 87.0 Å². The highest BCUT2D eigenvalue weighted by Crippen LogP contribution is 2.47. The van der Waals surface area contributed by atoms with E-state index in [1.54, 1.807) is 0 Å². The predicted octanol–water partition coefficient (Wildman–Crippen LogP) is 7.72. The molecule has 2 aromatic rings. The maximum Gasteiger partial charge on any atom is 0.192 e. The van der Waals surface area contributed by atoms with Crippen LogP contribution in [0, 0.1) is 6.92 Å². The van der Waals surface area contributed by atoms with Gasteiger partial charge in [0.25, 0.3) is 0 Å². The van der Waals surface area contributed by atoms with Gasteiger partial charge in [0.15, 0.2) is 8.32 Å². The zero-order valence-electron chi connectivity index (χ0n) is 17.7.